The number of hydrogen-bond acceptors (Lipinski definition) is 7. The van der Waals surface area contributed by atoms with Crippen molar-refractivity contribution in [2.45, 2.75) is 50.1 Å². The molecule has 2 aliphatic rings. The zero-order valence-corrected chi connectivity index (χ0v) is 14.8. The van der Waals surface area contributed by atoms with Crippen LogP contribution in [0.3, 0.4) is 0 Å². The first kappa shape index (κ1) is 19.6. The van der Waals surface area contributed by atoms with E-state index in [0.717, 1.165) is 12.2 Å². The first-order valence-electron chi connectivity index (χ1n) is 8.35. The summed E-state index contributed by atoms with van der Waals surface area (Å²) >= 11 is 0. The van der Waals surface area contributed by atoms with Crippen molar-refractivity contribution in [3.8, 4) is 0 Å². The summed E-state index contributed by atoms with van der Waals surface area (Å²) in [6, 6.07) is 0. The van der Waals surface area contributed by atoms with Crippen molar-refractivity contribution in [2.75, 3.05) is 26.4 Å². The van der Waals surface area contributed by atoms with Gasteiger partial charge >= 0.3 is 11.9 Å². The van der Waals surface area contributed by atoms with Crippen LogP contribution in [-0.2, 0) is 33.3 Å². The van der Waals surface area contributed by atoms with Crippen molar-refractivity contribution in [1.29, 1.82) is 0 Å². The molecule has 2 fully saturated rings. The monoisotopic (exact) mass is 354 g/mol. The van der Waals surface area contributed by atoms with E-state index in [1.165, 1.54) is 0 Å². The SMILES string of the molecule is C=CC(=O)OCCC(C)(OC(C)(CCOC(=O)C=C)C1CO1)C1CO1. The molecule has 0 N–H and O–H groups in total. The molecule has 2 heterocycles. The van der Waals surface area contributed by atoms with Crippen molar-refractivity contribution in [3.05, 3.63) is 25.3 Å². The second-order valence-corrected chi connectivity index (χ2v) is 6.61. The van der Waals surface area contributed by atoms with E-state index in [1.807, 2.05) is 13.8 Å². The van der Waals surface area contributed by atoms with Gasteiger partial charge in [-0.15, -0.1) is 0 Å². The second kappa shape index (κ2) is 8.12. The molecule has 2 saturated heterocycles. The molecule has 2 rings (SSSR count). The van der Waals surface area contributed by atoms with Crippen LogP contribution in [0.2, 0.25) is 0 Å². The zero-order chi connectivity index (χ0) is 18.5. The molecule has 0 aromatic carbocycles. The van der Waals surface area contributed by atoms with Crippen LogP contribution in [0.25, 0.3) is 0 Å². The Morgan fingerprint density at radius 3 is 1.60 bits per heavy atom. The van der Waals surface area contributed by atoms with Gasteiger partial charge in [0.05, 0.1) is 37.6 Å². The number of ether oxygens (including phenoxy) is 5. The highest BCUT2D eigenvalue weighted by molar-refractivity contribution is 5.81. The Morgan fingerprint density at radius 1 is 0.960 bits per heavy atom. The third kappa shape index (κ3) is 5.66. The second-order valence-electron chi connectivity index (χ2n) is 6.61. The maximum Gasteiger partial charge on any atom is 0.330 e. The molecule has 0 bridgehead atoms. The van der Waals surface area contributed by atoms with Crippen LogP contribution in [0.15, 0.2) is 25.3 Å². The van der Waals surface area contributed by atoms with Gasteiger partial charge in [-0.05, 0) is 13.8 Å². The Morgan fingerprint density at radius 2 is 1.32 bits per heavy atom. The molecule has 0 spiro atoms. The number of epoxide rings is 2. The Labute approximate surface area is 147 Å². The van der Waals surface area contributed by atoms with E-state index in [0.29, 0.717) is 26.1 Å². The molecule has 0 aromatic heterocycles. The number of esters is 2. The van der Waals surface area contributed by atoms with Gasteiger partial charge in [0.2, 0.25) is 0 Å². The number of rotatable bonds is 12. The highest BCUT2D eigenvalue weighted by atomic mass is 16.6. The van der Waals surface area contributed by atoms with Crippen LogP contribution < -0.4 is 0 Å². The number of carbonyl (C=O) groups is 2. The molecular weight excluding hydrogens is 328 g/mol. The fraction of sp³-hybridized carbons (Fsp3) is 0.667. The van der Waals surface area contributed by atoms with Gasteiger partial charge in [-0.2, -0.15) is 0 Å². The lowest BCUT2D eigenvalue weighted by atomic mass is 9.92. The predicted molar refractivity (Wildman–Crippen MR) is 88.9 cm³/mol. The zero-order valence-electron chi connectivity index (χ0n) is 14.8. The van der Waals surface area contributed by atoms with Crippen molar-refractivity contribution in [2.24, 2.45) is 0 Å². The van der Waals surface area contributed by atoms with Gasteiger partial charge in [-0.3, -0.25) is 0 Å². The lowest BCUT2D eigenvalue weighted by Gasteiger charge is -2.39. The molecule has 4 atom stereocenters. The summed E-state index contributed by atoms with van der Waals surface area (Å²) in [6.07, 6.45) is 3.08. The lowest BCUT2D eigenvalue weighted by Crippen LogP contribution is -2.49. The third-order valence-corrected chi connectivity index (χ3v) is 4.51. The molecule has 7 heteroatoms. The Bertz CT molecular complexity index is 478. The minimum Gasteiger partial charge on any atom is -0.462 e. The van der Waals surface area contributed by atoms with E-state index >= 15 is 0 Å². The quantitative estimate of drug-likeness (QED) is 0.298. The van der Waals surface area contributed by atoms with Gasteiger partial charge in [0.15, 0.2) is 0 Å². The molecule has 4 unspecified atom stereocenters. The van der Waals surface area contributed by atoms with Crippen LogP contribution in [0.5, 0.6) is 0 Å². The fourth-order valence-electron chi connectivity index (χ4n) is 2.72. The largest absolute Gasteiger partial charge is 0.462 e. The van der Waals surface area contributed by atoms with Gasteiger partial charge in [-0.1, -0.05) is 13.2 Å². The molecular formula is C18H26O7. The lowest BCUT2D eigenvalue weighted by molar-refractivity contribution is -0.178. The summed E-state index contributed by atoms with van der Waals surface area (Å²) in [4.78, 5) is 22.5. The smallest absolute Gasteiger partial charge is 0.330 e. The third-order valence-electron chi connectivity index (χ3n) is 4.51. The van der Waals surface area contributed by atoms with E-state index in [1.54, 1.807) is 0 Å². The number of hydrogen-bond donors (Lipinski definition) is 0. The van der Waals surface area contributed by atoms with Crippen molar-refractivity contribution >= 4 is 11.9 Å². The molecule has 140 valence electrons. The van der Waals surface area contributed by atoms with Crippen molar-refractivity contribution in [1.82, 2.24) is 0 Å². The maximum absolute atomic E-state index is 11.2. The first-order valence-corrected chi connectivity index (χ1v) is 8.35. The first-order chi connectivity index (χ1) is 11.8. The fourth-order valence-corrected chi connectivity index (χ4v) is 2.72. The normalized spacial score (nSPS) is 25.8. The molecule has 25 heavy (non-hydrogen) atoms. The maximum atomic E-state index is 11.2. The average molecular weight is 354 g/mol. The van der Waals surface area contributed by atoms with E-state index in [4.69, 9.17) is 23.7 Å². The van der Waals surface area contributed by atoms with Gasteiger partial charge in [-0.25, -0.2) is 9.59 Å². The van der Waals surface area contributed by atoms with Crippen molar-refractivity contribution in [3.63, 3.8) is 0 Å². The summed E-state index contributed by atoms with van der Waals surface area (Å²) in [6.45, 7) is 12.2. The van der Waals surface area contributed by atoms with Crippen molar-refractivity contribution < 1.29 is 33.3 Å². The van der Waals surface area contributed by atoms with Crippen LogP contribution in [0.1, 0.15) is 26.7 Å². The Hall–Kier alpha value is -1.70. The summed E-state index contributed by atoms with van der Waals surface area (Å²) in [5.41, 5.74) is -1.27. The summed E-state index contributed by atoms with van der Waals surface area (Å²) in [7, 11) is 0. The van der Waals surface area contributed by atoms with E-state index in [-0.39, 0.29) is 25.4 Å². The highest BCUT2D eigenvalue weighted by Crippen LogP contribution is 2.40. The Balaban J connectivity index is 1.95. The van der Waals surface area contributed by atoms with E-state index in [9.17, 15) is 9.59 Å². The van der Waals surface area contributed by atoms with E-state index < -0.39 is 23.1 Å². The van der Waals surface area contributed by atoms with Crippen LogP contribution in [0, 0.1) is 0 Å². The van der Waals surface area contributed by atoms with Crippen LogP contribution >= 0.6 is 0 Å². The topological polar surface area (TPSA) is 86.9 Å². The highest BCUT2D eigenvalue weighted by Gasteiger charge is 2.53. The molecule has 0 aromatic rings. The van der Waals surface area contributed by atoms with Crippen LogP contribution in [-0.4, -0.2) is 61.8 Å². The Kier molecular flexibility index (Phi) is 6.37. The predicted octanol–water partition coefficient (Wildman–Crippen LogP) is 1.56. The summed E-state index contributed by atoms with van der Waals surface area (Å²) in [5, 5.41) is 0. The average Bonchev–Trinajstić information content (AvgIpc) is 3.44. The van der Waals surface area contributed by atoms with E-state index in [2.05, 4.69) is 13.2 Å². The van der Waals surface area contributed by atoms with Gasteiger partial charge in [0.25, 0.3) is 0 Å². The minimum atomic E-state index is -0.634. The molecule has 0 radical (unpaired) electrons. The molecule has 0 amide bonds. The molecule has 2 aliphatic heterocycles. The molecule has 0 aliphatic carbocycles. The standard InChI is InChI=1S/C18H26O7/c1-5-15(19)21-9-7-17(3,13-11-23-13)25-18(4,14-12-24-14)8-10-22-16(20)6-2/h5-6,13-14H,1-2,7-12H2,3-4H3. The molecule has 7 nitrogen and oxygen atoms in total. The van der Waals surface area contributed by atoms with Gasteiger partial charge in [0.1, 0.15) is 12.2 Å². The van der Waals surface area contributed by atoms with Crippen LogP contribution in [0.4, 0.5) is 0 Å². The van der Waals surface area contributed by atoms with Gasteiger partial charge in [0, 0.05) is 25.0 Å². The van der Waals surface area contributed by atoms with Gasteiger partial charge < -0.3 is 23.7 Å². The minimum absolute atomic E-state index is 0.0660. The number of carbonyl (C=O) groups excluding carboxylic acids is 2. The summed E-state index contributed by atoms with van der Waals surface area (Å²) in [5.74, 6) is -0.938. The summed E-state index contributed by atoms with van der Waals surface area (Å²) < 4.78 is 27.5. The molecule has 0 saturated carbocycles.